The summed E-state index contributed by atoms with van der Waals surface area (Å²) in [7, 11) is 0. The largest absolute Gasteiger partial charge is 0.398 e. The van der Waals surface area contributed by atoms with Gasteiger partial charge in [-0.25, -0.2) is 0 Å². The monoisotopic (exact) mass is 289 g/mol. The van der Waals surface area contributed by atoms with E-state index in [0.717, 1.165) is 10.0 Å². The highest BCUT2D eigenvalue weighted by atomic mass is 79.9. The number of ketones is 1. The number of nitrogen functional groups attached to an aromatic ring is 1. The van der Waals surface area contributed by atoms with Crippen molar-refractivity contribution in [1.82, 2.24) is 0 Å². The molecule has 2 N–H and O–H groups in total. The zero-order valence-corrected chi connectivity index (χ0v) is 11.0. The highest BCUT2D eigenvalue weighted by Crippen LogP contribution is 2.20. The Hall–Kier alpha value is -1.61. The first-order valence-electron chi connectivity index (χ1n) is 5.24. The van der Waals surface area contributed by atoms with Crippen LogP contribution in [-0.2, 0) is 0 Å². The molecule has 3 heteroatoms. The van der Waals surface area contributed by atoms with Crippen molar-refractivity contribution in [2.75, 3.05) is 5.73 Å². The van der Waals surface area contributed by atoms with Gasteiger partial charge in [0.25, 0.3) is 0 Å². The molecule has 17 heavy (non-hydrogen) atoms. The topological polar surface area (TPSA) is 43.1 Å². The maximum atomic E-state index is 12.2. The summed E-state index contributed by atoms with van der Waals surface area (Å²) in [5, 5.41) is 0. The Balaban J connectivity index is 2.44. The Kier molecular flexibility index (Phi) is 3.29. The summed E-state index contributed by atoms with van der Waals surface area (Å²) in [6.45, 7) is 1.95. The number of hydrogen-bond donors (Lipinski definition) is 1. The van der Waals surface area contributed by atoms with Crippen LogP contribution in [0.15, 0.2) is 46.9 Å². The molecule has 0 unspecified atom stereocenters. The maximum absolute atomic E-state index is 12.2. The summed E-state index contributed by atoms with van der Waals surface area (Å²) in [6.07, 6.45) is 0. The minimum atomic E-state index is -0.0520. The Labute approximate surface area is 109 Å². The Morgan fingerprint density at radius 1 is 1.18 bits per heavy atom. The SMILES string of the molecule is Cc1ccc(C(=O)c2cccc(Br)c2)c(N)c1. The standard InChI is InChI=1S/C14H12BrNO/c1-9-5-6-12(13(16)7-9)14(17)10-3-2-4-11(15)8-10/h2-8H,16H2,1H3. The summed E-state index contributed by atoms with van der Waals surface area (Å²) in [5.74, 6) is -0.0520. The molecule has 0 aliphatic rings. The lowest BCUT2D eigenvalue weighted by Crippen LogP contribution is -2.05. The van der Waals surface area contributed by atoms with Crippen molar-refractivity contribution in [3.05, 3.63) is 63.6 Å². The van der Waals surface area contributed by atoms with E-state index >= 15 is 0 Å². The molecule has 0 aromatic heterocycles. The quantitative estimate of drug-likeness (QED) is 0.678. The van der Waals surface area contributed by atoms with Gasteiger partial charge in [0.2, 0.25) is 0 Å². The van der Waals surface area contributed by atoms with Gasteiger partial charge in [-0.15, -0.1) is 0 Å². The van der Waals surface area contributed by atoms with Crippen LogP contribution >= 0.6 is 15.9 Å². The first kappa shape index (κ1) is 11.9. The zero-order valence-electron chi connectivity index (χ0n) is 9.41. The molecule has 0 amide bonds. The van der Waals surface area contributed by atoms with Gasteiger partial charge in [-0.2, -0.15) is 0 Å². The molecule has 0 aliphatic carbocycles. The van der Waals surface area contributed by atoms with E-state index in [-0.39, 0.29) is 5.78 Å². The lowest BCUT2D eigenvalue weighted by Gasteiger charge is -2.06. The predicted molar refractivity (Wildman–Crippen MR) is 73.2 cm³/mol. The highest BCUT2D eigenvalue weighted by molar-refractivity contribution is 9.10. The normalized spacial score (nSPS) is 10.2. The molecule has 0 saturated carbocycles. The number of benzene rings is 2. The number of halogens is 1. The van der Waals surface area contributed by atoms with E-state index in [4.69, 9.17) is 5.73 Å². The number of carbonyl (C=O) groups excluding carboxylic acids is 1. The second-order valence-corrected chi connectivity index (χ2v) is 4.85. The summed E-state index contributed by atoms with van der Waals surface area (Å²) < 4.78 is 0.883. The smallest absolute Gasteiger partial charge is 0.195 e. The first-order chi connectivity index (χ1) is 8.08. The number of rotatable bonds is 2. The molecule has 0 fully saturated rings. The average molecular weight is 290 g/mol. The molecule has 0 atom stereocenters. The highest BCUT2D eigenvalue weighted by Gasteiger charge is 2.12. The third-order valence-corrected chi connectivity index (χ3v) is 3.03. The van der Waals surface area contributed by atoms with Crippen molar-refractivity contribution in [2.24, 2.45) is 0 Å². The van der Waals surface area contributed by atoms with Crippen molar-refractivity contribution in [3.63, 3.8) is 0 Å². The van der Waals surface area contributed by atoms with Crippen LogP contribution in [0.4, 0.5) is 5.69 Å². The van der Waals surface area contributed by atoms with Gasteiger partial charge < -0.3 is 5.73 Å². The van der Waals surface area contributed by atoms with Crippen LogP contribution in [0.2, 0.25) is 0 Å². The van der Waals surface area contributed by atoms with E-state index in [0.29, 0.717) is 16.8 Å². The Morgan fingerprint density at radius 2 is 1.94 bits per heavy atom. The number of nitrogens with two attached hydrogens (primary N) is 1. The fourth-order valence-electron chi connectivity index (χ4n) is 1.67. The minimum Gasteiger partial charge on any atom is -0.398 e. The van der Waals surface area contributed by atoms with Gasteiger partial charge in [-0.1, -0.05) is 34.1 Å². The average Bonchev–Trinajstić information content (AvgIpc) is 2.28. The van der Waals surface area contributed by atoms with Crippen molar-refractivity contribution < 1.29 is 4.79 Å². The fourth-order valence-corrected chi connectivity index (χ4v) is 2.07. The van der Waals surface area contributed by atoms with Crippen LogP contribution in [0.3, 0.4) is 0 Å². The minimum absolute atomic E-state index is 0.0520. The molecule has 2 aromatic carbocycles. The molecule has 0 spiro atoms. The van der Waals surface area contributed by atoms with E-state index in [9.17, 15) is 4.79 Å². The van der Waals surface area contributed by atoms with Gasteiger partial charge in [-0.05, 0) is 36.8 Å². The molecule has 2 rings (SSSR count). The predicted octanol–water partition coefficient (Wildman–Crippen LogP) is 3.57. The van der Waals surface area contributed by atoms with E-state index in [2.05, 4.69) is 15.9 Å². The fraction of sp³-hybridized carbons (Fsp3) is 0.0714. The number of anilines is 1. The second kappa shape index (κ2) is 4.72. The van der Waals surface area contributed by atoms with Crippen LogP contribution in [0.25, 0.3) is 0 Å². The third kappa shape index (κ3) is 2.56. The van der Waals surface area contributed by atoms with Gasteiger partial charge in [0.05, 0.1) is 0 Å². The first-order valence-corrected chi connectivity index (χ1v) is 6.03. The summed E-state index contributed by atoms with van der Waals surface area (Å²) in [4.78, 5) is 12.2. The third-order valence-electron chi connectivity index (χ3n) is 2.54. The zero-order chi connectivity index (χ0) is 12.4. The summed E-state index contributed by atoms with van der Waals surface area (Å²) in [6, 6.07) is 12.8. The van der Waals surface area contributed by atoms with Crippen LogP contribution in [0.1, 0.15) is 21.5 Å². The summed E-state index contributed by atoms with van der Waals surface area (Å²) in [5.41, 5.74) is 8.62. The maximum Gasteiger partial charge on any atom is 0.195 e. The summed E-state index contributed by atoms with van der Waals surface area (Å²) >= 11 is 3.35. The van der Waals surface area contributed by atoms with Crippen LogP contribution < -0.4 is 5.73 Å². The van der Waals surface area contributed by atoms with Gasteiger partial charge in [0.15, 0.2) is 5.78 Å². The van der Waals surface area contributed by atoms with Gasteiger partial charge in [0.1, 0.15) is 0 Å². The molecule has 2 aromatic rings. The van der Waals surface area contributed by atoms with Crippen molar-refractivity contribution in [2.45, 2.75) is 6.92 Å². The van der Waals surface area contributed by atoms with Crippen molar-refractivity contribution in [3.8, 4) is 0 Å². The van der Waals surface area contributed by atoms with Gasteiger partial charge in [0, 0.05) is 21.3 Å². The number of hydrogen-bond acceptors (Lipinski definition) is 2. The molecule has 0 aliphatic heterocycles. The molecule has 86 valence electrons. The van der Waals surface area contributed by atoms with Crippen molar-refractivity contribution >= 4 is 27.4 Å². The van der Waals surface area contributed by atoms with E-state index in [1.54, 1.807) is 18.2 Å². The van der Waals surface area contributed by atoms with Crippen LogP contribution in [0.5, 0.6) is 0 Å². The van der Waals surface area contributed by atoms with Gasteiger partial charge in [-0.3, -0.25) is 4.79 Å². The molecule has 0 heterocycles. The van der Waals surface area contributed by atoms with Crippen LogP contribution in [0, 0.1) is 6.92 Å². The van der Waals surface area contributed by atoms with Gasteiger partial charge >= 0.3 is 0 Å². The molecule has 0 saturated heterocycles. The lowest BCUT2D eigenvalue weighted by molar-refractivity contribution is 0.103. The molecular weight excluding hydrogens is 278 g/mol. The molecule has 2 nitrogen and oxygen atoms in total. The van der Waals surface area contributed by atoms with Crippen LogP contribution in [-0.4, -0.2) is 5.78 Å². The van der Waals surface area contributed by atoms with E-state index in [1.807, 2.05) is 31.2 Å². The number of carbonyl (C=O) groups is 1. The Bertz CT molecular complexity index is 578. The Morgan fingerprint density at radius 3 is 2.59 bits per heavy atom. The second-order valence-electron chi connectivity index (χ2n) is 3.93. The molecule has 0 radical (unpaired) electrons. The lowest BCUT2D eigenvalue weighted by atomic mass is 10.0. The van der Waals surface area contributed by atoms with E-state index in [1.165, 1.54) is 0 Å². The van der Waals surface area contributed by atoms with E-state index < -0.39 is 0 Å². The van der Waals surface area contributed by atoms with Crippen molar-refractivity contribution in [1.29, 1.82) is 0 Å². The molecule has 0 bridgehead atoms. The number of aryl methyl sites for hydroxylation is 1. The molecular formula is C14H12BrNO.